The van der Waals surface area contributed by atoms with Crippen LogP contribution in [0.2, 0.25) is 0 Å². The van der Waals surface area contributed by atoms with Crippen LogP contribution < -0.4 is 4.74 Å². The number of ketones is 1. The van der Waals surface area contributed by atoms with E-state index < -0.39 is 17.7 Å². The van der Waals surface area contributed by atoms with Crippen LogP contribution >= 0.6 is 11.3 Å². The Morgan fingerprint density at radius 3 is 2.43 bits per heavy atom. The van der Waals surface area contributed by atoms with Crippen LogP contribution in [-0.2, 0) is 21.5 Å². The molecule has 7 heteroatoms. The number of amides is 1. The van der Waals surface area contributed by atoms with Crippen molar-refractivity contribution in [3.63, 3.8) is 0 Å². The van der Waals surface area contributed by atoms with Crippen molar-refractivity contribution in [2.75, 3.05) is 6.61 Å². The van der Waals surface area contributed by atoms with E-state index in [-0.39, 0.29) is 29.1 Å². The second-order valence-electron chi connectivity index (χ2n) is 9.46. The van der Waals surface area contributed by atoms with Crippen LogP contribution in [0.4, 0.5) is 4.39 Å². The zero-order valence-electron chi connectivity index (χ0n) is 20.2. The molecular weight excluding hydrogens is 465 g/mol. The second-order valence-corrected chi connectivity index (χ2v) is 10.4. The lowest BCUT2D eigenvalue weighted by molar-refractivity contribution is -0.140. The molecule has 1 aliphatic rings. The molecule has 0 saturated carbocycles. The van der Waals surface area contributed by atoms with Gasteiger partial charge in [-0.2, -0.15) is 0 Å². The topological polar surface area (TPSA) is 66.8 Å². The van der Waals surface area contributed by atoms with E-state index in [4.69, 9.17) is 4.74 Å². The minimum Gasteiger partial charge on any atom is -0.507 e. The molecule has 2 aromatic carbocycles. The Bertz CT molecular complexity index is 1270. The van der Waals surface area contributed by atoms with Gasteiger partial charge in [0.2, 0.25) is 0 Å². The van der Waals surface area contributed by atoms with E-state index in [0.29, 0.717) is 23.5 Å². The summed E-state index contributed by atoms with van der Waals surface area (Å²) in [5.41, 5.74) is 1.79. The number of benzene rings is 2. The molecule has 4 rings (SSSR count). The fraction of sp³-hybridized carbons (Fsp3) is 0.286. The standard InChI is InChI=1S/C28H28FNO4S/c1-5-34-21-13-10-18(15-20(21)28(2,3)4)25(31)23-24(22-7-6-14-35-22)30(27(33)26(23)32)16-17-8-11-19(29)12-9-17/h6-15,24,31H,5,16H2,1-4H3/b25-23-. The first-order valence-corrected chi connectivity index (χ1v) is 12.3. The number of nitrogens with zero attached hydrogens (tertiary/aromatic N) is 1. The van der Waals surface area contributed by atoms with Gasteiger partial charge >= 0.3 is 0 Å². The highest BCUT2D eigenvalue weighted by atomic mass is 32.1. The summed E-state index contributed by atoms with van der Waals surface area (Å²) >= 11 is 1.40. The van der Waals surface area contributed by atoms with E-state index in [2.05, 4.69) is 0 Å². The Kier molecular flexibility index (Phi) is 6.81. The minimum atomic E-state index is -0.746. The fourth-order valence-corrected chi connectivity index (χ4v) is 5.12. The van der Waals surface area contributed by atoms with E-state index in [1.807, 2.05) is 51.3 Å². The van der Waals surface area contributed by atoms with E-state index in [9.17, 15) is 19.1 Å². The molecule has 182 valence electrons. The zero-order valence-corrected chi connectivity index (χ0v) is 21.0. The Balaban J connectivity index is 1.84. The van der Waals surface area contributed by atoms with Gasteiger partial charge in [-0.1, -0.05) is 39.0 Å². The van der Waals surface area contributed by atoms with Crippen LogP contribution in [-0.4, -0.2) is 28.3 Å². The average Bonchev–Trinajstić information content (AvgIpc) is 3.42. The molecule has 3 aromatic rings. The maximum Gasteiger partial charge on any atom is 0.295 e. The number of carbonyl (C=O) groups is 2. The first-order valence-electron chi connectivity index (χ1n) is 11.5. The summed E-state index contributed by atoms with van der Waals surface area (Å²) in [7, 11) is 0. The fourth-order valence-electron chi connectivity index (χ4n) is 4.27. The van der Waals surface area contributed by atoms with Gasteiger partial charge in [-0.05, 0) is 59.7 Å². The summed E-state index contributed by atoms with van der Waals surface area (Å²) in [6, 6.07) is 14.0. The minimum absolute atomic E-state index is 0.0450. The smallest absolute Gasteiger partial charge is 0.295 e. The van der Waals surface area contributed by atoms with Gasteiger partial charge in [0.25, 0.3) is 11.7 Å². The number of aliphatic hydroxyl groups is 1. The van der Waals surface area contributed by atoms with Crippen molar-refractivity contribution in [2.45, 2.75) is 45.7 Å². The number of thiophene rings is 1. The van der Waals surface area contributed by atoms with E-state index in [1.54, 1.807) is 24.3 Å². The Labute approximate surface area is 208 Å². The molecule has 1 aromatic heterocycles. The lowest BCUT2D eigenvalue weighted by atomic mass is 9.84. The van der Waals surface area contributed by atoms with Crippen LogP contribution in [0.25, 0.3) is 5.76 Å². The third-order valence-corrected chi connectivity index (χ3v) is 6.90. The number of likely N-dealkylation sites (tertiary alicyclic amines) is 1. The first kappa shape index (κ1) is 24.7. The van der Waals surface area contributed by atoms with Gasteiger partial charge < -0.3 is 14.7 Å². The highest BCUT2D eigenvalue weighted by molar-refractivity contribution is 7.10. The quantitative estimate of drug-likeness (QED) is 0.252. The molecule has 0 radical (unpaired) electrons. The predicted octanol–water partition coefficient (Wildman–Crippen LogP) is 6.21. The van der Waals surface area contributed by atoms with Gasteiger partial charge in [-0.15, -0.1) is 11.3 Å². The number of rotatable bonds is 6. The molecule has 1 aliphatic heterocycles. The molecule has 1 saturated heterocycles. The Morgan fingerprint density at radius 2 is 1.83 bits per heavy atom. The molecule has 2 heterocycles. The summed E-state index contributed by atoms with van der Waals surface area (Å²) in [5.74, 6) is -1.33. The van der Waals surface area contributed by atoms with Crippen molar-refractivity contribution < 1.29 is 23.8 Å². The van der Waals surface area contributed by atoms with Crippen molar-refractivity contribution in [3.05, 3.63) is 92.9 Å². The monoisotopic (exact) mass is 493 g/mol. The largest absolute Gasteiger partial charge is 0.507 e. The molecule has 0 bridgehead atoms. The molecule has 1 amide bonds. The Hall–Kier alpha value is -3.45. The third-order valence-electron chi connectivity index (χ3n) is 5.98. The van der Waals surface area contributed by atoms with Crippen LogP contribution in [0.1, 0.15) is 55.3 Å². The first-order chi connectivity index (χ1) is 16.6. The van der Waals surface area contributed by atoms with Gasteiger partial charge in [-0.3, -0.25) is 9.59 Å². The second kappa shape index (κ2) is 9.66. The van der Waals surface area contributed by atoms with E-state index in [0.717, 1.165) is 10.4 Å². The number of hydrogen-bond donors (Lipinski definition) is 1. The van der Waals surface area contributed by atoms with Crippen LogP contribution in [0, 0.1) is 5.82 Å². The molecule has 0 spiro atoms. The normalized spacial score (nSPS) is 17.7. The third kappa shape index (κ3) is 4.86. The summed E-state index contributed by atoms with van der Waals surface area (Å²) in [6.07, 6.45) is 0. The lowest BCUT2D eigenvalue weighted by Crippen LogP contribution is -2.28. The van der Waals surface area contributed by atoms with Gasteiger partial charge in [0.1, 0.15) is 17.3 Å². The van der Waals surface area contributed by atoms with E-state index >= 15 is 0 Å². The molecule has 35 heavy (non-hydrogen) atoms. The predicted molar refractivity (Wildman–Crippen MR) is 135 cm³/mol. The van der Waals surface area contributed by atoms with Gasteiger partial charge in [0.05, 0.1) is 18.2 Å². The van der Waals surface area contributed by atoms with Crippen molar-refractivity contribution in [3.8, 4) is 5.75 Å². The summed E-state index contributed by atoms with van der Waals surface area (Å²) < 4.78 is 19.2. The van der Waals surface area contributed by atoms with Crippen molar-refractivity contribution >= 4 is 28.8 Å². The van der Waals surface area contributed by atoms with Crippen LogP contribution in [0.15, 0.2) is 65.6 Å². The molecular formula is C28H28FNO4S. The lowest BCUT2D eigenvalue weighted by Gasteiger charge is -2.25. The number of carbonyl (C=O) groups excluding carboxylic acids is 2. The number of ether oxygens (including phenoxy) is 1. The maximum absolute atomic E-state index is 13.4. The van der Waals surface area contributed by atoms with Gasteiger partial charge in [0.15, 0.2) is 0 Å². The van der Waals surface area contributed by atoms with Crippen LogP contribution in [0.5, 0.6) is 5.75 Å². The molecule has 1 unspecified atom stereocenters. The van der Waals surface area contributed by atoms with Gasteiger partial charge in [-0.25, -0.2) is 4.39 Å². The zero-order chi connectivity index (χ0) is 25.3. The number of Topliss-reactive ketones (excluding diaryl/α,β-unsaturated/α-hetero) is 1. The molecule has 0 aliphatic carbocycles. The molecule has 1 atom stereocenters. The van der Waals surface area contributed by atoms with E-state index in [1.165, 1.54) is 28.4 Å². The Morgan fingerprint density at radius 1 is 1.11 bits per heavy atom. The molecule has 5 nitrogen and oxygen atoms in total. The molecule has 1 fully saturated rings. The summed E-state index contributed by atoms with van der Waals surface area (Å²) in [5, 5.41) is 13.3. The maximum atomic E-state index is 13.4. The summed E-state index contributed by atoms with van der Waals surface area (Å²) in [6.45, 7) is 8.65. The van der Waals surface area contributed by atoms with Crippen LogP contribution in [0.3, 0.4) is 0 Å². The number of halogens is 1. The van der Waals surface area contributed by atoms with Gasteiger partial charge in [0, 0.05) is 22.5 Å². The number of aliphatic hydroxyl groups excluding tert-OH is 1. The number of hydrogen-bond acceptors (Lipinski definition) is 5. The average molecular weight is 494 g/mol. The van der Waals surface area contributed by atoms with Crippen molar-refractivity contribution in [2.24, 2.45) is 0 Å². The van der Waals surface area contributed by atoms with Crippen molar-refractivity contribution in [1.29, 1.82) is 0 Å². The SMILES string of the molecule is CCOc1ccc(/C(O)=C2/C(=O)C(=O)N(Cc3ccc(F)cc3)C2c2cccs2)cc1C(C)(C)C. The molecule has 1 N–H and O–H groups in total. The van der Waals surface area contributed by atoms with Crippen molar-refractivity contribution in [1.82, 2.24) is 4.90 Å². The summed E-state index contributed by atoms with van der Waals surface area (Å²) in [4.78, 5) is 28.6. The highest BCUT2D eigenvalue weighted by Crippen LogP contribution is 2.43. The highest BCUT2D eigenvalue weighted by Gasteiger charge is 2.46.